The molecule has 5 heteroatoms. The van der Waals surface area contributed by atoms with Crippen LogP contribution in [0.3, 0.4) is 0 Å². The topological polar surface area (TPSA) is 61.8 Å². The van der Waals surface area contributed by atoms with E-state index in [2.05, 4.69) is 142 Å². The highest BCUT2D eigenvalue weighted by atomic mass is 15.0. The van der Waals surface area contributed by atoms with Crippen molar-refractivity contribution in [3.05, 3.63) is 198 Å². The van der Waals surface area contributed by atoms with Crippen LogP contribution in [-0.4, -0.2) is 9.13 Å². The van der Waals surface area contributed by atoms with E-state index in [1.807, 2.05) is 60.7 Å². The second kappa shape index (κ2) is 13.3. The van der Waals surface area contributed by atoms with Gasteiger partial charge in [-0.25, -0.2) is 4.85 Å². The van der Waals surface area contributed by atoms with Gasteiger partial charge in [0.2, 0.25) is 0 Å². The van der Waals surface area contributed by atoms with E-state index in [0.717, 1.165) is 93.9 Å². The molecule has 0 saturated carbocycles. The van der Waals surface area contributed by atoms with Gasteiger partial charge in [-0.2, -0.15) is 10.5 Å². The highest BCUT2D eigenvalue weighted by molar-refractivity contribution is 6.13. The molecule has 0 fully saturated rings. The fourth-order valence-electron chi connectivity index (χ4n) is 8.48. The highest BCUT2D eigenvalue weighted by Crippen LogP contribution is 2.44. The Labute approximate surface area is 329 Å². The lowest BCUT2D eigenvalue weighted by Crippen LogP contribution is -2.03. The van der Waals surface area contributed by atoms with Crippen LogP contribution in [0.15, 0.2) is 170 Å². The second-order valence-electron chi connectivity index (χ2n) is 14.3. The molecule has 0 atom stereocenters. The fourth-order valence-corrected chi connectivity index (χ4v) is 8.48. The van der Waals surface area contributed by atoms with Crippen molar-refractivity contribution < 1.29 is 0 Å². The molecule has 0 spiro atoms. The van der Waals surface area contributed by atoms with E-state index in [0.29, 0.717) is 16.8 Å². The van der Waals surface area contributed by atoms with Crippen molar-refractivity contribution in [1.82, 2.24) is 9.13 Å². The molecule has 10 rings (SSSR count). The third-order valence-corrected chi connectivity index (χ3v) is 11.2. The molecule has 0 amide bonds. The fraction of sp³-hybridized carbons (Fsp3) is 0.0192. The van der Waals surface area contributed by atoms with Crippen molar-refractivity contribution in [3.63, 3.8) is 0 Å². The molecule has 0 saturated heterocycles. The van der Waals surface area contributed by atoms with Crippen LogP contribution in [0.4, 0.5) is 5.69 Å². The van der Waals surface area contributed by atoms with Crippen molar-refractivity contribution in [2.24, 2.45) is 0 Å². The molecule has 0 bridgehead atoms. The first-order valence-corrected chi connectivity index (χ1v) is 18.7. The molecule has 2 aromatic heterocycles. The predicted molar refractivity (Wildman–Crippen MR) is 232 cm³/mol. The van der Waals surface area contributed by atoms with Crippen LogP contribution in [-0.2, 0) is 0 Å². The number of nitriles is 2. The Kier molecular flexibility index (Phi) is 7.79. The number of fused-ring (bicyclic) bond motifs is 6. The molecule has 57 heavy (non-hydrogen) atoms. The lowest BCUT2D eigenvalue weighted by atomic mass is 9.95. The van der Waals surface area contributed by atoms with Crippen LogP contribution in [0, 0.1) is 36.2 Å². The summed E-state index contributed by atoms with van der Waals surface area (Å²) in [6.45, 7) is 10.2. The molecule has 0 aliphatic carbocycles. The second-order valence-corrected chi connectivity index (χ2v) is 14.3. The van der Waals surface area contributed by atoms with Gasteiger partial charge in [-0.15, -0.1) is 0 Å². The SMILES string of the molecule is [C-]#[N+]c1ccc(-n2c3ccccc3c3cc(-c4ccc(C#N)cc4)ccc32)c(-c2c(C)cccc2-n2c3ccccc3c3cc(-c4ccc(C#N)cc4)ccc32)c1. The zero-order valence-electron chi connectivity index (χ0n) is 30.9. The lowest BCUT2D eigenvalue weighted by molar-refractivity contribution is 1.15. The van der Waals surface area contributed by atoms with Crippen LogP contribution in [0.5, 0.6) is 0 Å². The Morgan fingerprint density at radius 2 is 0.947 bits per heavy atom. The number of hydrogen-bond acceptors (Lipinski definition) is 2. The Morgan fingerprint density at radius 1 is 0.456 bits per heavy atom. The van der Waals surface area contributed by atoms with E-state index in [4.69, 9.17) is 6.57 Å². The molecular formula is C52H31N5. The molecule has 0 radical (unpaired) electrons. The summed E-state index contributed by atoms with van der Waals surface area (Å²) in [5.41, 5.74) is 15.5. The summed E-state index contributed by atoms with van der Waals surface area (Å²) in [6, 6.07) is 62.6. The third-order valence-electron chi connectivity index (χ3n) is 11.2. The van der Waals surface area contributed by atoms with Crippen molar-refractivity contribution in [2.45, 2.75) is 6.92 Å². The van der Waals surface area contributed by atoms with Gasteiger partial charge in [0.25, 0.3) is 0 Å². The normalized spacial score (nSPS) is 11.2. The van der Waals surface area contributed by atoms with Crippen LogP contribution in [0.1, 0.15) is 16.7 Å². The number of para-hydroxylation sites is 2. The summed E-state index contributed by atoms with van der Waals surface area (Å²) in [7, 11) is 0. The van der Waals surface area contributed by atoms with Crippen LogP contribution < -0.4 is 0 Å². The largest absolute Gasteiger partial charge is 0.309 e. The number of aryl methyl sites for hydroxylation is 1. The summed E-state index contributed by atoms with van der Waals surface area (Å²) in [5.74, 6) is 0. The van der Waals surface area contributed by atoms with Gasteiger partial charge in [0, 0.05) is 27.1 Å². The van der Waals surface area contributed by atoms with Gasteiger partial charge in [0.05, 0.1) is 63.3 Å². The Balaban J connectivity index is 1.22. The Morgan fingerprint density at radius 3 is 1.47 bits per heavy atom. The first kappa shape index (κ1) is 33.4. The number of aromatic nitrogens is 2. The van der Waals surface area contributed by atoms with Gasteiger partial charge in [0.1, 0.15) is 0 Å². The summed E-state index contributed by atoms with van der Waals surface area (Å²) < 4.78 is 4.70. The first-order chi connectivity index (χ1) is 28.0. The zero-order valence-corrected chi connectivity index (χ0v) is 30.9. The van der Waals surface area contributed by atoms with E-state index < -0.39 is 0 Å². The average Bonchev–Trinajstić information content (AvgIpc) is 3.78. The van der Waals surface area contributed by atoms with Crippen LogP contribution in [0.2, 0.25) is 0 Å². The maximum absolute atomic E-state index is 9.37. The van der Waals surface area contributed by atoms with Gasteiger partial charge in [0.15, 0.2) is 5.69 Å². The van der Waals surface area contributed by atoms with Crippen molar-refractivity contribution >= 4 is 49.3 Å². The molecule has 0 unspecified atom stereocenters. The highest BCUT2D eigenvalue weighted by Gasteiger charge is 2.22. The van der Waals surface area contributed by atoms with Gasteiger partial charge < -0.3 is 9.13 Å². The standard InChI is InChI=1S/C52H31N5/c1-33-8-7-13-51(57-47-12-6-4-10-42(47)44-29-39(23-26-49(44)57)37-20-16-35(32-54)17-21-37)52(33)45-30-40(55-2)24-27-50(45)56-46-11-5-3-9-41(46)43-28-38(22-25-48(43)56)36-18-14-34(31-53)15-19-36/h3-30H,1H3. The minimum atomic E-state index is 0.570. The molecule has 0 N–H and O–H groups in total. The summed E-state index contributed by atoms with van der Waals surface area (Å²) in [6.07, 6.45) is 0. The maximum Gasteiger partial charge on any atom is 0.188 e. The predicted octanol–water partition coefficient (Wildman–Crippen LogP) is 13.5. The molecule has 264 valence electrons. The minimum Gasteiger partial charge on any atom is -0.309 e. The number of hydrogen-bond donors (Lipinski definition) is 0. The number of rotatable bonds is 5. The third kappa shape index (κ3) is 5.37. The summed E-state index contributed by atoms with van der Waals surface area (Å²) in [4.78, 5) is 3.93. The van der Waals surface area contributed by atoms with Crippen molar-refractivity contribution in [2.75, 3.05) is 0 Å². The minimum absolute atomic E-state index is 0.570. The average molecular weight is 726 g/mol. The molecule has 8 aromatic carbocycles. The lowest BCUT2D eigenvalue weighted by Gasteiger charge is -2.21. The monoisotopic (exact) mass is 725 g/mol. The van der Waals surface area contributed by atoms with Crippen molar-refractivity contribution in [3.8, 4) is 56.9 Å². The Hall–Kier alpha value is -8.17. The van der Waals surface area contributed by atoms with Gasteiger partial charge >= 0.3 is 0 Å². The number of nitrogens with zero attached hydrogens (tertiary/aromatic N) is 5. The quantitative estimate of drug-likeness (QED) is 0.166. The van der Waals surface area contributed by atoms with Gasteiger partial charge in [-0.05, 0) is 119 Å². The van der Waals surface area contributed by atoms with Crippen LogP contribution in [0.25, 0.3) is 93.2 Å². The van der Waals surface area contributed by atoms with Gasteiger partial charge in [-0.1, -0.05) is 91.0 Å². The molecule has 0 aliphatic heterocycles. The molecule has 2 heterocycles. The molecule has 5 nitrogen and oxygen atoms in total. The van der Waals surface area contributed by atoms with Crippen molar-refractivity contribution in [1.29, 1.82) is 10.5 Å². The van der Waals surface area contributed by atoms with E-state index >= 15 is 0 Å². The maximum atomic E-state index is 9.37. The van der Waals surface area contributed by atoms with E-state index in [-0.39, 0.29) is 0 Å². The van der Waals surface area contributed by atoms with E-state index in [1.165, 1.54) is 0 Å². The van der Waals surface area contributed by atoms with E-state index in [9.17, 15) is 10.5 Å². The van der Waals surface area contributed by atoms with E-state index in [1.54, 1.807) is 0 Å². The summed E-state index contributed by atoms with van der Waals surface area (Å²) >= 11 is 0. The first-order valence-electron chi connectivity index (χ1n) is 18.7. The number of benzene rings is 8. The van der Waals surface area contributed by atoms with Crippen LogP contribution >= 0.6 is 0 Å². The molecule has 0 aliphatic rings. The molecule has 10 aromatic rings. The Bertz CT molecular complexity index is 3380. The summed E-state index contributed by atoms with van der Waals surface area (Å²) in [5, 5.41) is 23.3. The molecular weight excluding hydrogens is 695 g/mol. The smallest absolute Gasteiger partial charge is 0.188 e. The van der Waals surface area contributed by atoms with Gasteiger partial charge in [-0.3, -0.25) is 0 Å². The zero-order chi connectivity index (χ0) is 38.6.